The number of thiophene rings is 1. The number of carbonyl (C=O) groups is 3. The van der Waals surface area contributed by atoms with E-state index < -0.39 is 17.9 Å². The summed E-state index contributed by atoms with van der Waals surface area (Å²) < 4.78 is 9.85. The van der Waals surface area contributed by atoms with E-state index in [9.17, 15) is 14.4 Å². The van der Waals surface area contributed by atoms with Gasteiger partial charge in [-0.05, 0) is 23.6 Å². The van der Waals surface area contributed by atoms with Gasteiger partial charge in [0.05, 0.1) is 12.7 Å². The van der Waals surface area contributed by atoms with Crippen LogP contribution >= 0.6 is 11.3 Å². The third-order valence-electron chi connectivity index (χ3n) is 3.19. The van der Waals surface area contributed by atoms with Gasteiger partial charge in [0.1, 0.15) is 10.6 Å². The topological polar surface area (TPSA) is 97.6 Å². The number of methoxy groups -OCH3 is 1. The zero-order chi connectivity index (χ0) is 17.1. The summed E-state index contributed by atoms with van der Waals surface area (Å²) in [5, 5.41) is 7.39. The van der Waals surface area contributed by atoms with Crippen LogP contribution in [0.3, 0.4) is 0 Å². The molecule has 8 heteroatoms. The molecule has 3 rings (SSSR count). The molecule has 0 saturated heterocycles. The lowest BCUT2D eigenvalue weighted by Crippen LogP contribution is -2.30. The Labute approximate surface area is 140 Å². The molecule has 2 heterocycles. The van der Waals surface area contributed by atoms with Crippen molar-refractivity contribution in [2.45, 2.75) is 0 Å². The third kappa shape index (κ3) is 3.13. The fraction of sp³-hybridized carbons (Fsp3) is 0.0625. The molecule has 0 atom stereocenters. The third-order valence-corrected chi connectivity index (χ3v) is 4.02. The minimum absolute atomic E-state index is 0.129. The van der Waals surface area contributed by atoms with Crippen molar-refractivity contribution in [3.05, 3.63) is 53.1 Å². The van der Waals surface area contributed by atoms with E-state index in [4.69, 9.17) is 4.42 Å². The number of nitrogens with one attached hydrogen (secondary N) is 2. The van der Waals surface area contributed by atoms with Crippen LogP contribution in [0.15, 0.2) is 46.2 Å². The van der Waals surface area contributed by atoms with Crippen molar-refractivity contribution in [3.63, 3.8) is 0 Å². The van der Waals surface area contributed by atoms with Crippen LogP contribution in [0.5, 0.6) is 0 Å². The molecule has 7 nitrogen and oxygen atoms in total. The van der Waals surface area contributed by atoms with E-state index in [1.165, 1.54) is 6.07 Å². The Morgan fingerprint density at radius 2 is 1.92 bits per heavy atom. The number of ether oxygens (including phenoxy) is 1. The van der Waals surface area contributed by atoms with Crippen LogP contribution in [0.4, 0.5) is 9.80 Å². The van der Waals surface area contributed by atoms with Crippen LogP contribution in [0.2, 0.25) is 0 Å². The van der Waals surface area contributed by atoms with Crippen LogP contribution in [0, 0.1) is 0 Å². The van der Waals surface area contributed by atoms with Crippen molar-refractivity contribution in [2.75, 3.05) is 12.4 Å². The van der Waals surface area contributed by atoms with Crippen LogP contribution in [-0.4, -0.2) is 25.0 Å². The number of fused-ring (bicyclic) bond motifs is 1. The van der Waals surface area contributed by atoms with Gasteiger partial charge >= 0.3 is 6.09 Å². The molecule has 2 N–H and O–H groups in total. The first-order chi connectivity index (χ1) is 11.6. The zero-order valence-electron chi connectivity index (χ0n) is 12.5. The molecule has 2 aromatic heterocycles. The van der Waals surface area contributed by atoms with E-state index in [0.29, 0.717) is 10.6 Å². The van der Waals surface area contributed by atoms with Gasteiger partial charge in [0, 0.05) is 5.39 Å². The summed E-state index contributed by atoms with van der Waals surface area (Å²) >= 11 is 1.16. The van der Waals surface area contributed by atoms with Gasteiger partial charge in [0.25, 0.3) is 11.8 Å². The first-order valence-electron chi connectivity index (χ1n) is 6.85. The predicted molar refractivity (Wildman–Crippen MR) is 88.4 cm³/mol. The van der Waals surface area contributed by atoms with Crippen LogP contribution in [0.1, 0.15) is 20.9 Å². The minimum atomic E-state index is -0.874. The molecule has 1 aromatic carbocycles. The smallest absolute Gasteiger partial charge is 0.413 e. The molecule has 0 saturated carbocycles. The van der Waals surface area contributed by atoms with Gasteiger partial charge < -0.3 is 14.5 Å². The standard InChI is InChI=1S/C16H12N2O5S/c1-22-16(21)18-13(19)10-6-7-24-15(10)17-14(20)12-8-9-4-2-3-5-11(9)23-12/h2-8H,1H3,(H,17,20)(H,18,19,21). The second-order valence-corrected chi connectivity index (χ2v) is 5.63. The molecule has 0 aliphatic heterocycles. The van der Waals surface area contributed by atoms with Gasteiger partial charge in [-0.15, -0.1) is 11.3 Å². The average molecular weight is 344 g/mol. The molecular weight excluding hydrogens is 332 g/mol. The summed E-state index contributed by atoms with van der Waals surface area (Å²) in [4.78, 5) is 35.4. The quantitative estimate of drug-likeness (QED) is 0.760. The van der Waals surface area contributed by atoms with Gasteiger partial charge in [0.15, 0.2) is 5.76 Å². The normalized spacial score (nSPS) is 10.4. The van der Waals surface area contributed by atoms with Crippen LogP contribution in [-0.2, 0) is 4.74 Å². The maximum atomic E-state index is 12.3. The molecule has 0 aliphatic carbocycles. The van der Waals surface area contributed by atoms with E-state index >= 15 is 0 Å². The highest BCUT2D eigenvalue weighted by Crippen LogP contribution is 2.25. The lowest BCUT2D eigenvalue weighted by Gasteiger charge is -2.05. The Morgan fingerprint density at radius 3 is 2.67 bits per heavy atom. The monoisotopic (exact) mass is 344 g/mol. The number of furan rings is 1. The highest BCUT2D eigenvalue weighted by Gasteiger charge is 2.19. The van der Waals surface area contributed by atoms with E-state index in [0.717, 1.165) is 23.8 Å². The van der Waals surface area contributed by atoms with Crippen LogP contribution < -0.4 is 10.6 Å². The maximum absolute atomic E-state index is 12.3. The van der Waals surface area contributed by atoms with Crippen LogP contribution in [0.25, 0.3) is 11.0 Å². The molecule has 0 spiro atoms. The van der Waals surface area contributed by atoms with Crippen molar-refractivity contribution in [3.8, 4) is 0 Å². The molecule has 0 aliphatic rings. The van der Waals surface area contributed by atoms with Crippen molar-refractivity contribution in [2.24, 2.45) is 0 Å². The predicted octanol–water partition coefficient (Wildman–Crippen LogP) is 3.24. The van der Waals surface area contributed by atoms with Crippen molar-refractivity contribution in [1.29, 1.82) is 0 Å². The number of hydrogen-bond donors (Lipinski definition) is 2. The van der Waals surface area contributed by atoms with Crippen molar-refractivity contribution >= 4 is 45.2 Å². The number of imide groups is 1. The summed E-state index contributed by atoms with van der Waals surface area (Å²) in [6, 6.07) is 10.3. The Hall–Kier alpha value is -3.13. The number of rotatable bonds is 3. The summed E-state index contributed by atoms with van der Waals surface area (Å²) in [6.07, 6.45) is -0.874. The second kappa shape index (κ2) is 6.55. The lowest BCUT2D eigenvalue weighted by molar-refractivity contribution is 0.0938. The number of anilines is 1. The molecule has 0 unspecified atom stereocenters. The van der Waals surface area contributed by atoms with E-state index in [2.05, 4.69) is 10.1 Å². The highest BCUT2D eigenvalue weighted by molar-refractivity contribution is 7.14. The van der Waals surface area contributed by atoms with E-state index in [1.54, 1.807) is 17.5 Å². The van der Waals surface area contributed by atoms with E-state index in [1.807, 2.05) is 23.5 Å². The maximum Gasteiger partial charge on any atom is 0.413 e. The molecule has 122 valence electrons. The Kier molecular flexibility index (Phi) is 4.30. The number of carbonyl (C=O) groups excluding carboxylic acids is 3. The highest BCUT2D eigenvalue weighted by atomic mass is 32.1. The minimum Gasteiger partial charge on any atom is -0.453 e. The summed E-state index contributed by atoms with van der Waals surface area (Å²) in [5.41, 5.74) is 0.757. The molecular formula is C16H12N2O5S. The van der Waals surface area contributed by atoms with E-state index in [-0.39, 0.29) is 11.3 Å². The number of benzene rings is 1. The average Bonchev–Trinajstić information content (AvgIpc) is 3.20. The SMILES string of the molecule is COC(=O)NC(=O)c1ccsc1NC(=O)c1cc2ccccc2o1. The number of para-hydroxylation sites is 1. The van der Waals surface area contributed by atoms with Gasteiger partial charge in [-0.3, -0.25) is 14.9 Å². The Morgan fingerprint density at radius 1 is 1.12 bits per heavy atom. The number of amides is 3. The van der Waals surface area contributed by atoms with Crippen molar-refractivity contribution in [1.82, 2.24) is 5.32 Å². The summed E-state index contributed by atoms with van der Waals surface area (Å²) in [7, 11) is 1.15. The zero-order valence-corrected chi connectivity index (χ0v) is 13.3. The van der Waals surface area contributed by atoms with Crippen molar-refractivity contribution < 1.29 is 23.5 Å². The lowest BCUT2D eigenvalue weighted by atomic mass is 10.2. The fourth-order valence-corrected chi connectivity index (χ4v) is 2.83. The molecule has 0 bridgehead atoms. The first kappa shape index (κ1) is 15.8. The molecule has 3 amide bonds. The van der Waals surface area contributed by atoms with Gasteiger partial charge in [-0.25, -0.2) is 4.79 Å². The summed E-state index contributed by atoms with van der Waals surface area (Å²) in [6.45, 7) is 0. The first-order valence-corrected chi connectivity index (χ1v) is 7.73. The second-order valence-electron chi connectivity index (χ2n) is 4.71. The molecule has 0 radical (unpaired) electrons. The number of hydrogen-bond acceptors (Lipinski definition) is 6. The largest absolute Gasteiger partial charge is 0.453 e. The van der Waals surface area contributed by atoms with Gasteiger partial charge in [-0.2, -0.15) is 0 Å². The molecule has 24 heavy (non-hydrogen) atoms. The van der Waals surface area contributed by atoms with Gasteiger partial charge in [-0.1, -0.05) is 18.2 Å². The Balaban J connectivity index is 1.79. The molecule has 0 fully saturated rings. The molecule has 3 aromatic rings. The fourth-order valence-electron chi connectivity index (χ4n) is 2.05. The Bertz CT molecular complexity index is 894. The van der Waals surface area contributed by atoms with Gasteiger partial charge in [0.2, 0.25) is 0 Å². The summed E-state index contributed by atoms with van der Waals surface area (Å²) in [5.74, 6) is -1.02. The number of alkyl carbamates (subject to hydrolysis) is 1.